The molecule has 0 amide bonds. The Morgan fingerprint density at radius 2 is 2.23 bits per heavy atom. The van der Waals surface area contributed by atoms with Crippen molar-refractivity contribution in [3.63, 3.8) is 0 Å². The SMILES string of the molecule is CN=C(NCCn1cccn1)NCc1cc(C(C)C)no1.I. The van der Waals surface area contributed by atoms with Crippen LogP contribution in [0.5, 0.6) is 0 Å². The van der Waals surface area contributed by atoms with Crippen molar-refractivity contribution in [2.75, 3.05) is 13.6 Å². The summed E-state index contributed by atoms with van der Waals surface area (Å²) in [6.07, 6.45) is 3.70. The lowest BCUT2D eigenvalue weighted by atomic mass is 10.1. The first kappa shape index (κ1) is 18.5. The van der Waals surface area contributed by atoms with E-state index >= 15 is 0 Å². The molecule has 0 aliphatic rings. The summed E-state index contributed by atoms with van der Waals surface area (Å²) in [4.78, 5) is 4.17. The summed E-state index contributed by atoms with van der Waals surface area (Å²) in [7, 11) is 1.74. The van der Waals surface area contributed by atoms with Gasteiger partial charge in [-0.1, -0.05) is 19.0 Å². The molecule has 122 valence electrons. The number of hydrogen-bond acceptors (Lipinski definition) is 4. The van der Waals surface area contributed by atoms with Crippen molar-refractivity contribution in [3.8, 4) is 0 Å². The van der Waals surface area contributed by atoms with Crippen LogP contribution in [0, 0.1) is 0 Å². The van der Waals surface area contributed by atoms with Crippen molar-refractivity contribution in [3.05, 3.63) is 36.0 Å². The standard InChI is InChI=1S/C14H22N6O.HI/c1-11(2)13-9-12(21-19-13)10-17-14(15-3)16-6-8-20-7-4-5-18-20;/h4-5,7,9,11H,6,8,10H2,1-3H3,(H2,15,16,17);1H. The Morgan fingerprint density at radius 3 is 2.82 bits per heavy atom. The molecule has 0 fully saturated rings. The molecule has 0 aliphatic heterocycles. The number of aromatic nitrogens is 3. The molecule has 22 heavy (non-hydrogen) atoms. The summed E-state index contributed by atoms with van der Waals surface area (Å²) < 4.78 is 7.14. The lowest BCUT2D eigenvalue weighted by molar-refractivity contribution is 0.372. The van der Waals surface area contributed by atoms with Crippen molar-refractivity contribution < 1.29 is 4.52 Å². The Bertz CT molecular complexity index is 564. The summed E-state index contributed by atoms with van der Waals surface area (Å²) in [5, 5.41) is 14.6. The van der Waals surface area contributed by atoms with E-state index in [0.29, 0.717) is 12.5 Å². The highest BCUT2D eigenvalue weighted by atomic mass is 127. The van der Waals surface area contributed by atoms with Gasteiger partial charge in [0.1, 0.15) is 0 Å². The summed E-state index contributed by atoms with van der Waals surface area (Å²) in [6.45, 7) is 6.26. The third kappa shape index (κ3) is 5.66. The largest absolute Gasteiger partial charge is 0.359 e. The first-order valence-corrected chi connectivity index (χ1v) is 7.06. The molecule has 0 spiro atoms. The number of nitrogens with zero attached hydrogens (tertiary/aromatic N) is 4. The van der Waals surface area contributed by atoms with Gasteiger partial charge in [-0.3, -0.25) is 9.67 Å². The van der Waals surface area contributed by atoms with E-state index in [2.05, 4.69) is 39.7 Å². The van der Waals surface area contributed by atoms with Crippen molar-refractivity contribution in [1.29, 1.82) is 0 Å². The van der Waals surface area contributed by atoms with Crippen LogP contribution in [0.4, 0.5) is 0 Å². The van der Waals surface area contributed by atoms with Gasteiger partial charge in [-0.15, -0.1) is 24.0 Å². The summed E-state index contributed by atoms with van der Waals surface area (Å²) in [5.41, 5.74) is 0.966. The molecule has 2 heterocycles. The van der Waals surface area contributed by atoms with Crippen molar-refractivity contribution in [2.24, 2.45) is 4.99 Å². The van der Waals surface area contributed by atoms with Gasteiger partial charge in [0.15, 0.2) is 11.7 Å². The van der Waals surface area contributed by atoms with Crippen molar-refractivity contribution in [2.45, 2.75) is 32.9 Å². The first-order valence-electron chi connectivity index (χ1n) is 7.06. The number of halogens is 1. The zero-order valence-electron chi connectivity index (χ0n) is 13.1. The van der Waals surface area contributed by atoms with Crippen LogP contribution in [0.15, 0.2) is 34.0 Å². The second kappa shape index (κ2) is 9.44. The summed E-state index contributed by atoms with van der Waals surface area (Å²) in [5.74, 6) is 1.90. The molecule has 0 aromatic carbocycles. The molecule has 0 saturated carbocycles. The molecule has 0 bridgehead atoms. The van der Waals surface area contributed by atoms with E-state index < -0.39 is 0 Å². The predicted molar refractivity (Wildman–Crippen MR) is 96.4 cm³/mol. The molecule has 0 atom stereocenters. The first-order chi connectivity index (χ1) is 10.2. The number of hydrogen-bond donors (Lipinski definition) is 2. The number of aliphatic imine (C=N–C) groups is 1. The smallest absolute Gasteiger partial charge is 0.191 e. The molecular weight excluding hydrogens is 395 g/mol. The molecule has 2 rings (SSSR count). The van der Waals surface area contributed by atoms with Gasteiger partial charge >= 0.3 is 0 Å². The normalized spacial score (nSPS) is 11.4. The van der Waals surface area contributed by atoms with Gasteiger partial charge in [-0.05, 0) is 12.0 Å². The van der Waals surface area contributed by atoms with Crippen LogP contribution in [0.1, 0.15) is 31.2 Å². The minimum atomic E-state index is 0. The fourth-order valence-corrected chi connectivity index (χ4v) is 1.80. The van der Waals surface area contributed by atoms with Crippen molar-refractivity contribution >= 4 is 29.9 Å². The summed E-state index contributed by atoms with van der Waals surface area (Å²) >= 11 is 0. The van der Waals surface area contributed by atoms with Gasteiger partial charge in [-0.25, -0.2) is 0 Å². The van der Waals surface area contributed by atoms with Gasteiger partial charge in [0.05, 0.1) is 18.8 Å². The fraction of sp³-hybridized carbons (Fsp3) is 0.500. The Kier molecular flexibility index (Phi) is 7.92. The Morgan fingerprint density at radius 1 is 1.41 bits per heavy atom. The minimum Gasteiger partial charge on any atom is -0.359 e. The van der Waals surface area contributed by atoms with E-state index in [4.69, 9.17) is 4.52 Å². The Balaban J connectivity index is 0.00000242. The zero-order valence-corrected chi connectivity index (χ0v) is 15.4. The highest BCUT2D eigenvalue weighted by molar-refractivity contribution is 14.0. The van der Waals surface area contributed by atoms with Crippen LogP contribution in [0.2, 0.25) is 0 Å². The average molecular weight is 418 g/mol. The number of nitrogens with one attached hydrogen (secondary N) is 2. The van der Waals surface area contributed by atoms with Crippen LogP contribution in [0.3, 0.4) is 0 Å². The van der Waals surface area contributed by atoms with Crippen LogP contribution in [0.25, 0.3) is 0 Å². The van der Waals surface area contributed by atoms with Crippen LogP contribution in [-0.4, -0.2) is 34.5 Å². The number of guanidine groups is 1. The van der Waals surface area contributed by atoms with E-state index in [9.17, 15) is 0 Å². The van der Waals surface area contributed by atoms with Gasteiger partial charge < -0.3 is 15.2 Å². The Labute approximate surface area is 147 Å². The average Bonchev–Trinajstić information content (AvgIpc) is 3.13. The second-order valence-electron chi connectivity index (χ2n) is 4.99. The maximum Gasteiger partial charge on any atom is 0.191 e. The topological polar surface area (TPSA) is 80.3 Å². The highest BCUT2D eigenvalue weighted by Gasteiger charge is 2.08. The molecule has 7 nitrogen and oxygen atoms in total. The maximum absolute atomic E-state index is 5.27. The molecule has 8 heteroatoms. The summed E-state index contributed by atoms with van der Waals surface area (Å²) in [6, 6.07) is 3.87. The molecule has 2 aromatic heterocycles. The third-order valence-electron chi connectivity index (χ3n) is 3.01. The van der Waals surface area contributed by atoms with E-state index in [-0.39, 0.29) is 24.0 Å². The van der Waals surface area contributed by atoms with Crippen molar-refractivity contribution in [1.82, 2.24) is 25.6 Å². The second-order valence-corrected chi connectivity index (χ2v) is 4.99. The van der Waals surface area contributed by atoms with Gasteiger partial charge in [-0.2, -0.15) is 5.10 Å². The predicted octanol–water partition coefficient (Wildman–Crippen LogP) is 1.98. The third-order valence-corrected chi connectivity index (χ3v) is 3.01. The molecule has 2 aromatic rings. The molecule has 0 unspecified atom stereocenters. The van der Waals surface area contributed by atoms with Crippen LogP contribution < -0.4 is 10.6 Å². The van der Waals surface area contributed by atoms with Gasteiger partial charge in [0, 0.05) is 32.1 Å². The molecule has 0 aliphatic carbocycles. The van der Waals surface area contributed by atoms with Crippen LogP contribution >= 0.6 is 24.0 Å². The fourth-order valence-electron chi connectivity index (χ4n) is 1.80. The molecule has 2 N–H and O–H groups in total. The van der Waals surface area contributed by atoms with E-state index in [0.717, 1.165) is 30.5 Å². The van der Waals surface area contributed by atoms with Gasteiger partial charge in [0.25, 0.3) is 0 Å². The molecule has 0 radical (unpaired) electrons. The lowest BCUT2D eigenvalue weighted by Gasteiger charge is -2.10. The van der Waals surface area contributed by atoms with E-state index in [1.54, 1.807) is 13.2 Å². The molecular formula is C14H23IN6O. The minimum absolute atomic E-state index is 0. The zero-order chi connectivity index (χ0) is 15.1. The monoisotopic (exact) mass is 418 g/mol. The van der Waals surface area contributed by atoms with Crippen LogP contribution in [-0.2, 0) is 13.1 Å². The van der Waals surface area contributed by atoms with Gasteiger partial charge in [0.2, 0.25) is 0 Å². The molecule has 0 saturated heterocycles. The van der Waals surface area contributed by atoms with E-state index in [1.165, 1.54) is 0 Å². The quantitative estimate of drug-likeness (QED) is 0.426. The van der Waals surface area contributed by atoms with E-state index in [1.807, 2.05) is 23.0 Å². The Hall–Kier alpha value is -1.58. The lowest BCUT2D eigenvalue weighted by Crippen LogP contribution is -2.38. The maximum atomic E-state index is 5.27. The number of rotatable bonds is 6. The highest BCUT2D eigenvalue weighted by Crippen LogP contribution is 2.13.